The van der Waals surface area contributed by atoms with Gasteiger partial charge in [-0.25, -0.2) is 0 Å². The summed E-state index contributed by atoms with van der Waals surface area (Å²) in [5.41, 5.74) is 1.85. The summed E-state index contributed by atoms with van der Waals surface area (Å²) in [6, 6.07) is 17.1. The first-order chi connectivity index (χ1) is 13.8. The van der Waals surface area contributed by atoms with Crippen molar-refractivity contribution in [2.24, 2.45) is 0 Å². The highest BCUT2D eigenvalue weighted by atomic mass is 32.2. The third-order valence-electron chi connectivity index (χ3n) is 5.16. The predicted octanol–water partition coefficient (Wildman–Crippen LogP) is 3.62. The lowest BCUT2D eigenvalue weighted by molar-refractivity contribution is 0.0950. The highest BCUT2D eigenvalue weighted by molar-refractivity contribution is 7.98. The fourth-order valence-electron chi connectivity index (χ4n) is 3.65. The van der Waals surface area contributed by atoms with Gasteiger partial charge in [0.1, 0.15) is 5.69 Å². The van der Waals surface area contributed by atoms with Crippen LogP contribution in [0.5, 0.6) is 0 Å². The number of hydrogen-bond acceptors (Lipinski definition) is 4. The van der Waals surface area contributed by atoms with Crippen LogP contribution < -0.4 is 10.6 Å². The van der Waals surface area contributed by atoms with E-state index in [4.69, 9.17) is 0 Å². The summed E-state index contributed by atoms with van der Waals surface area (Å²) in [7, 11) is 0. The Morgan fingerprint density at radius 3 is 3.00 bits per heavy atom. The number of benzene rings is 2. The molecule has 0 spiro atoms. The Bertz CT molecular complexity index is 928. The first-order valence-corrected chi connectivity index (χ1v) is 11.1. The number of thioether (sulfide) groups is 1. The second kappa shape index (κ2) is 9.26. The summed E-state index contributed by atoms with van der Waals surface area (Å²) < 4.78 is 1.93. The zero-order chi connectivity index (χ0) is 19.2. The van der Waals surface area contributed by atoms with Gasteiger partial charge in [0.05, 0.1) is 6.04 Å². The fraction of sp³-hybridized carbons (Fsp3) is 0.364. The van der Waals surface area contributed by atoms with Crippen molar-refractivity contribution >= 4 is 28.4 Å². The monoisotopic (exact) mass is 394 g/mol. The molecule has 1 aromatic heterocycles. The van der Waals surface area contributed by atoms with Gasteiger partial charge in [-0.15, -0.1) is 0 Å². The lowest BCUT2D eigenvalue weighted by Crippen LogP contribution is -2.32. The minimum atomic E-state index is -0.0896. The summed E-state index contributed by atoms with van der Waals surface area (Å²) in [6.45, 7) is 2.64. The Labute approximate surface area is 169 Å². The molecular formula is C22H26N4OS. The molecule has 1 atom stereocenters. The molecule has 146 valence electrons. The highest BCUT2D eigenvalue weighted by Crippen LogP contribution is 2.22. The van der Waals surface area contributed by atoms with Crippen molar-refractivity contribution in [3.8, 4) is 0 Å². The van der Waals surface area contributed by atoms with Crippen LogP contribution in [0.1, 0.15) is 34.9 Å². The molecule has 0 aliphatic carbocycles. The maximum Gasteiger partial charge on any atom is 0.271 e. The zero-order valence-corrected chi connectivity index (χ0v) is 16.8. The van der Waals surface area contributed by atoms with Gasteiger partial charge in [0.2, 0.25) is 0 Å². The summed E-state index contributed by atoms with van der Waals surface area (Å²) in [4.78, 5) is 12.3. The van der Waals surface area contributed by atoms with Gasteiger partial charge in [-0.3, -0.25) is 9.48 Å². The van der Waals surface area contributed by atoms with Gasteiger partial charge in [-0.05, 0) is 41.8 Å². The van der Waals surface area contributed by atoms with E-state index < -0.39 is 0 Å². The normalized spacial score (nSPS) is 16.9. The number of rotatable bonds is 7. The molecule has 2 N–H and O–H groups in total. The maximum atomic E-state index is 12.3. The smallest absolute Gasteiger partial charge is 0.271 e. The van der Waals surface area contributed by atoms with Gasteiger partial charge in [0.15, 0.2) is 0 Å². The number of carbonyl (C=O) groups excluding carboxylic acids is 1. The Morgan fingerprint density at radius 1 is 1.21 bits per heavy atom. The molecule has 1 aliphatic heterocycles. The molecule has 28 heavy (non-hydrogen) atoms. The number of carbonyl (C=O) groups is 1. The largest absolute Gasteiger partial charge is 0.350 e. The second-order valence-electron chi connectivity index (χ2n) is 7.13. The average Bonchev–Trinajstić information content (AvgIpc) is 3.25. The van der Waals surface area contributed by atoms with Crippen molar-refractivity contribution < 1.29 is 4.79 Å². The van der Waals surface area contributed by atoms with Crippen molar-refractivity contribution in [3.63, 3.8) is 0 Å². The molecule has 3 aromatic rings. The van der Waals surface area contributed by atoms with Gasteiger partial charge in [0, 0.05) is 30.8 Å². The minimum Gasteiger partial charge on any atom is -0.350 e. The van der Waals surface area contributed by atoms with Gasteiger partial charge < -0.3 is 10.6 Å². The van der Waals surface area contributed by atoms with Gasteiger partial charge in [-0.1, -0.05) is 42.5 Å². The zero-order valence-electron chi connectivity index (χ0n) is 15.9. The Morgan fingerprint density at radius 2 is 2.11 bits per heavy atom. The first-order valence-electron chi connectivity index (χ1n) is 9.90. The van der Waals surface area contributed by atoms with Crippen LogP contribution in [-0.4, -0.2) is 41.1 Å². The predicted molar refractivity (Wildman–Crippen MR) is 116 cm³/mol. The number of nitrogens with one attached hydrogen (secondary N) is 2. The van der Waals surface area contributed by atoms with Gasteiger partial charge in [0.25, 0.3) is 5.91 Å². The number of aromatic nitrogens is 2. The Balaban J connectivity index is 1.23. The van der Waals surface area contributed by atoms with Crippen molar-refractivity contribution in [2.75, 3.05) is 25.4 Å². The number of piperidine rings is 1. The van der Waals surface area contributed by atoms with Crippen LogP contribution in [0.4, 0.5) is 0 Å². The van der Waals surface area contributed by atoms with Crippen molar-refractivity contribution in [1.29, 1.82) is 0 Å². The van der Waals surface area contributed by atoms with E-state index in [1.807, 2.05) is 28.7 Å². The third kappa shape index (κ3) is 4.56. The quantitative estimate of drug-likeness (QED) is 0.601. The van der Waals surface area contributed by atoms with E-state index in [0.29, 0.717) is 18.3 Å². The number of fused-ring (bicyclic) bond motifs is 1. The molecule has 1 saturated heterocycles. The third-order valence-corrected chi connectivity index (χ3v) is 6.16. The van der Waals surface area contributed by atoms with Crippen LogP contribution in [0.25, 0.3) is 10.8 Å². The summed E-state index contributed by atoms with van der Waals surface area (Å²) in [5.74, 6) is 1.73. The summed E-state index contributed by atoms with van der Waals surface area (Å²) >= 11 is 1.84. The van der Waals surface area contributed by atoms with Crippen LogP contribution >= 0.6 is 11.8 Å². The van der Waals surface area contributed by atoms with E-state index in [2.05, 4.69) is 58.2 Å². The number of amides is 1. The molecular weight excluding hydrogens is 368 g/mol. The summed E-state index contributed by atoms with van der Waals surface area (Å²) in [6.07, 6.45) is 4.18. The topological polar surface area (TPSA) is 59.0 Å². The molecule has 0 bridgehead atoms. The van der Waals surface area contributed by atoms with Crippen LogP contribution in [0.3, 0.4) is 0 Å². The maximum absolute atomic E-state index is 12.3. The average molecular weight is 395 g/mol. The second-order valence-corrected chi connectivity index (χ2v) is 8.23. The van der Waals surface area contributed by atoms with E-state index in [0.717, 1.165) is 37.4 Å². The van der Waals surface area contributed by atoms with Crippen LogP contribution in [0.2, 0.25) is 0 Å². The molecule has 6 heteroatoms. The SMILES string of the molecule is O=C(NCCSCc1cccc2ccccc12)c1ccn(C2CCCNC2)n1. The lowest BCUT2D eigenvalue weighted by Gasteiger charge is -2.22. The van der Waals surface area contributed by atoms with E-state index in [1.165, 1.54) is 16.3 Å². The molecule has 2 heterocycles. The van der Waals surface area contributed by atoms with Crippen molar-refractivity contribution in [2.45, 2.75) is 24.6 Å². The molecule has 1 unspecified atom stereocenters. The van der Waals surface area contributed by atoms with E-state index in [1.54, 1.807) is 0 Å². The Hall–Kier alpha value is -2.31. The molecule has 0 radical (unpaired) electrons. The number of nitrogens with zero attached hydrogens (tertiary/aromatic N) is 2. The van der Waals surface area contributed by atoms with Crippen molar-refractivity contribution in [1.82, 2.24) is 20.4 Å². The first kappa shape index (κ1) is 19.0. The molecule has 1 amide bonds. The highest BCUT2D eigenvalue weighted by Gasteiger charge is 2.17. The molecule has 5 nitrogen and oxygen atoms in total. The van der Waals surface area contributed by atoms with Crippen LogP contribution in [0.15, 0.2) is 54.7 Å². The fourth-order valence-corrected chi connectivity index (χ4v) is 4.51. The number of hydrogen-bond donors (Lipinski definition) is 2. The molecule has 1 aliphatic rings. The van der Waals surface area contributed by atoms with Crippen LogP contribution in [0, 0.1) is 0 Å². The van der Waals surface area contributed by atoms with Gasteiger partial charge >= 0.3 is 0 Å². The van der Waals surface area contributed by atoms with E-state index in [-0.39, 0.29) is 5.91 Å². The lowest BCUT2D eigenvalue weighted by atomic mass is 10.1. The molecule has 1 fully saturated rings. The van der Waals surface area contributed by atoms with E-state index in [9.17, 15) is 4.79 Å². The minimum absolute atomic E-state index is 0.0896. The summed E-state index contributed by atoms with van der Waals surface area (Å²) in [5, 5.41) is 13.4. The standard InChI is InChI=1S/C22H26N4OS/c27-22(21-10-13-26(25-21)19-8-4-11-23-15-19)24-12-14-28-16-18-7-3-6-17-5-1-2-9-20(17)18/h1-3,5-7,9-10,13,19,23H,4,8,11-12,14-16H2,(H,24,27). The molecule has 0 saturated carbocycles. The van der Waals surface area contributed by atoms with E-state index >= 15 is 0 Å². The van der Waals surface area contributed by atoms with Crippen LogP contribution in [-0.2, 0) is 5.75 Å². The Kier molecular flexibility index (Phi) is 6.29. The van der Waals surface area contributed by atoms with Gasteiger partial charge in [-0.2, -0.15) is 16.9 Å². The molecule has 2 aromatic carbocycles. The molecule has 4 rings (SSSR count). The van der Waals surface area contributed by atoms with Crippen molar-refractivity contribution in [3.05, 3.63) is 66.0 Å².